The zero-order valence-electron chi connectivity index (χ0n) is 10.9. The molecule has 2 N–H and O–H groups in total. The van der Waals surface area contributed by atoms with Crippen LogP contribution in [0.5, 0.6) is 11.5 Å². The van der Waals surface area contributed by atoms with Crippen LogP contribution < -0.4 is 10.1 Å². The Labute approximate surface area is 117 Å². The molecule has 2 aromatic carbocycles. The number of ether oxygens (including phenoxy) is 1. The number of benzene rings is 2. The van der Waals surface area contributed by atoms with Gasteiger partial charge in [-0.2, -0.15) is 0 Å². The molecule has 0 atom stereocenters. The van der Waals surface area contributed by atoms with E-state index in [1.54, 1.807) is 19.2 Å². The van der Waals surface area contributed by atoms with Crippen molar-refractivity contribution in [3.05, 3.63) is 52.5 Å². The second kappa shape index (κ2) is 5.85. The molecule has 19 heavy (non-hydrogen) atoms. The summed E-state index contributed by atoms with van der Waals surface area (Å²) >= 11 is 5.88. The highest BCUT2D eigenvalue weighted by atomic mass is 35.5. The van der Waals surface area contributed by atoms with Gasteiger partial charge in [-0.25, -0.2) is 0 Å². The van der Waals surface area contributed by atoms with Crippen LogP contribution in [-0.2, 0) is 6.54 Å². The van der Waals surface area contributed by atoms with Crippen LogP contribution in [0.1, 0.15) is 11.1 Å². The fourth-order valence-corrected chi connectivity index (χ4v) is 2.02. The van der Waals surface area contributed by atoms with Gasteiger partial charge in [-0.05, 0) is 42.3 Å². The lowest BCUT2D eigenvalue weighted by Gasteiger charge is -2.12. The van der Waals surface area contributed by atoms with E-state index in [1.807, 2.05) is 31.2 Å². The molecule has 0 aliphatic rings. The summed E-state index contributed by atoms with van der Waals surface area (Å²) in [6.45, 7) is 2.64. The van der Waals surface area contributed by atoms with Crippen LogP contribution in [0.3, 0.4) is 0 Å². The van der Waals surface area contributed by atoms with Crippen molar-refractivity contribution >= 4 is 17.3 Å². The Kier molecular flexibility index (Phi) is 4.17. The quantitative estimate of drug-likeness (QED) is 0.888. The predicted molar refractivity (Wildman–Crippen MR) is 78.2 cm³/mol. The van der Waals surface area contributed by atoms with E-state index in [0.29, 0.717) is 11.6 Å². The number of hydrogen-bond acceptors (Lipinski definition) is 3. The number of nitrogens with one attached hydrogen (secondary N) is 1. The SMILES string of the molecule is COc1ccc(C)cc1NCc1ccc(O)c(Cl)c1. The first kappa shape index (κ1) is 13.6. The average Bonchev–Trinajstić information content (AvgIpc) is 2.40. The molecule has 0 spiro atoms. The Morgan fingerprint density at radius 3 is 2.68 bits per heavy atom. The number of anilines is 1. The van der Waals surface area contributed by atoms with Crippen molar-refractivity contribution in [1.82, 2.24) is 0 Å². The monoisotopic (exact) mass is 277 g/mol. The van der Waals surface area contributed by atoms with Gasteiger partial charge in [0.15, 0.2) is 0 Å². The van der Waals surface area contributed by atoms with Gasteiger partial charge in [-0.15, -0.1) is 0 Å². The third-order valence-corrected chi connectivity index (χ3v) is 3.15. The largest absolute Gasteiger partial charge is 0.506 e. The molecule has 2 rings (SSSR count). The van der Waals surface area contributed by atoms with Crippen LogP contribution in [0.15, 0.2) is 36.4 Å². The summed E-state index contributed by atoms with van der Waals surface area (Å²) in [5.74, 6) is 0.897. The number of phenols is 1. The zero-order chi connectivity index (χ0) is 13.8. The van der Waals surface area contributed by atoms with Gasteiger partial charge in [-0.1, -0.05) is 23.7 Å². The van der Waals surface area contributed by atoms with Crippen molar-refractivity contribution in [2.45, 2.75) is 13.5 Å². The first-order valence-electron chi connectivity index (χ1n) is 5.96. The normalized spacial score (nSPS) is 10.3. The van der Waals surface area contributed by atoms with Crippen LogP contribution in [0.2, 0.25) is 5.02 Å². The smallest absolute Gasteiger partial charge is 0.141 e. The second-order valence-corrected chi connectivity index (χ2v) is 4.75. The van der Waals surface area contributed by atoms with E-state index in [9.17, 15) is 5.11 Å². The van der Waals surface area contributed by atoms with E-state index in [4.69, 9.17) is 16.3 Å². The lowest BCUT2D eigenvalue weighted by molar-refractivity contribution is 0.416. The van der Waals surface area contributed by atoms with Crippen molar-refractivity contribution in [3.8, 4) is 11.5 Å². The van der Waals surface area contributed by atoms with Gasteiger partial charge in [0.1, 0.15) is 11.5 Å². The molecule has 2 aromatic rings. The van der Waals surface area contributed by atoms with E-state index < -0.39 is 0 Å². The van der Waals surface area contributed by atoms with Crippen molar-refractivity contribution < 1.29 is 9.84 Å². The van der Waals surface area contributed by atoms with E-state index in [1.165, 1.54) is 0 Å². The highest BCUT2D eigenvalue weighted by molar-refractivity contribution is 6.32. The zero-order valence-corrected chi connectivity index (χ0v) is 11.7. The second-order valence-electron chi connectivity index (χ2n) is 4.34. The molecular formula is C15H16ClNO2. The fourth-order valence-electron chi connectivity index (χ4n) is 1.82. The molecular weight excluding hydrogens is 262 g/mol. The van der Waals surface area contributed by atoms with Gasteiger partial charge in [0.05, 0.1) is 17.8 Å². The first-order chi connectivity index (χ1) is 9.10. The topological polar surface area (TPSA) is 41.5 Å². The number of methoxy groups -OCH3 is 1. The standard InChI is InChI=1S/C15H16ClNO2/c1-10-3-6-15(19-2)13(7-10)17-9-11-4-5-14(18)12(16)8-11/h3-8,17-18H,9H2,1-2H3. The average molecular weight is 278 g/mol. The van der Waals surface area contributed by atoms with Crippen LogP contribution in [0.4, 0.5) is 5.69 Å². The van der Waals surface area contributed by atoms with E-state index in [0.717, 1.165) is 22.6 Å². The number of rotatable bonds is 4. The molecule has 0 bridgehead atoms. The minimum absolute atomic E-state index is 0.0959. The molecule has 0 heterocycles. The minimum Gasteiger partial charge on any atom is -0.506 e. The van der Waals surface area contributed by atoms with E-state index >= 15 is 0 Å². The molecule has 0 fully saturated rings. The molecule has 0 unspecified atom stereocenters. The Balaban J connectivity index is 2.13. The first-order valence-corrected chi connectivity index (χ1v) is 6.34. The summed E-state index contributed by atoms with van der Waals surface area (Å²) in [6.07, 6.45) is 0. The predicted octanol–water partition coefficient (Wildman–Crippen LogP) is 3.97. The summed E-state index contributed by atoms with van der Waals surface area (Å²) in [5.41, 5.74) is 3.09. The van der Waals surface area contributed by atoms with Crippen LogP contribution in [0.25, 0.3) is 0 Å². The van der Waals surface area contributed by atoms with Crippen LogP contribution >= 0.6 is 11.6 Å². The Bertz CT molecular complexity index is 584. The number of aryl methyl sites for hydroxylation is 1. The van der Waals surface area contributed by atoms with Gasteiger partial charge in [-0.3, -0.25) is 0 Å². The number of halogens is 1. The molecule has 0 radical (unpaired) electrons. The summed E-state index contributed by atoms with van der Waals surface area (Å²) in [6, 6.07) is 11.1. The summed E-state index contributed by atoms with van der Waals surface area (Å²) in [5, 5.41) is 13.0. The van der Waals surface area contributed by atoms with Crippen molar-refractivity contribution in [2.75, 3.05) is 12.4 Å². The minimum atomic E-state index is 0.0959. The van der Waals surface area contributed by atoms with E-state index in [-0.39, 0.29) is 5.75 Å². The third kappa shape index (κ3) is 3.32. The van der Waals surface area contributed by atoms with Crippen LogP contribution in [0, 0.1) is 6.92 Å². The van der Waals surface area contributed by atoms with E-state index in [2.05, 4.69) is 5.32 Å². The molecule has 100 valence electrons. The Hall–Kier alpha value is -1.87. The molecule has 3 nitrogen and oxygen atoms in total. The van der Waals surface area contributed by atoms with Gasteiger partial charge in [0.2, 0.25) is 0 Å². The van der Waals surface area contributed by atoms with Crippen molar-refractivity contribution in [1.29, 1.82) is 0 Å². The molecule has 0 aromatic heterocycles. The number of aromatic hydroxyl groups is 1. The number of phenolic OH excluding ortho intramolecular Hbond substituents is 1. The summed E-state index contributed by atoms with van der Waals surface area (Å²) in [4.78, 5) is 0. The molecule has 0 aliphatic carbocycles. The maximum absolute atomic E-state index is 9.38. The fraction of sp³-hybridized carbons (Fsp3) is 0.200. The molecule has 4 heteroatoms. The van der Waals surface area contributed by atoms with Crippen molar-refractivity contribution in [3.63, 3.8) is 0 Å². The summed E-state index contributed by atoms with van der Waals surface area (Å²) in [7, 11) is 1.65. The molecule has 0 amide bonds. The Morgan fingerprint density at radius 2 is 2.00 bits per heavy atom. The third-order valence-electron chi connectivity index (χ3n) is 2.85. The maximum atomic E-state index is 9.38. The lowest BCUT2D eigenvalue weighted by atomic mass is 10.2. The van der Waals surface area contributed by atoms with Gasteiger partial charge >= 0.3 is 0 Å². The van der Waals surface area contributed by atoms with Crippen LogP contribution in [-0.4, -0.2) is 12.2 Å². The van der Waals surface area contributed by atoms with Gasteiger partial charge < -0.3 is 15.2 Å². The van der Waals surface area contributed by atoms with Gasteiger partial charge in [0.25, 0.3) is 0 Å². The maximum Gasteiger partial charge on any atom is 0.141 e. The Morgan fingerprint density at radius 1 is 1.21 bits per heavy atom. The van der Waals surface area contributed by atoms with Gasteiger partial charge in [0, 0.05) is 6.54 Å². The lowest BCUT2D eigenvalue weighted by Crippen LogP contribution is -2.01. The van der Waals surface area contributed by atoms with Crippen molar-refractivity contribution in [2.24, 2.45) is 0 Å². The highest BCUT2D eigenvalue weighted by Gasteiger charge is 2.04. The highest BCUT2D eigenvalue weighted by Crippen LogP contribution is 2.27. The molecule has 0 saturated carbocycles. The number of hydrogen-bond donors (Lipinski definition) is 2. The molecule has 0 saturated heterocycles. The molecule has 0 aliphatic heterocycles. The summed E-state index contributed by atoms with van der Waals surface area (Å²) < 4.78 is 5.30.